The van der Waals surface area contributed by atoms with E-state index >= 15 is 0 Å². The Kier molecular flexibility index (Phi) is 12.9. The summed E-state index contributed by atoms with van der Waals surface area (Å²) in [5.41, 5.74) is 1.97. The molecule has 2 aromatic rings. The number of amides is 3. The number of esters is 2. The molecule has 0 spiro atoms. The minimum atomic E-state index is -1.42. The third-order valence-electron chi connectivity index (χ3n) is 7.31. The second-order valence-electron chi connectivity index (χ2n) is 12.6. The summed E-state index contributed by atoms with van der Waals surface area (Å²) in [6, 6.07) is 13.2. The van der Waals surface area contributed by atoms with Gasteiger partial charge in [-0.15, -0.1) is 0 Å². The van der Waals surface area contributed by atoms with Crippen molar-refractivity contribution in [3.8, 4) is 0 Å². The molecule has 3 N–H and O–H groups in total. The number of rotatable bonds is 14. The first-order valence-corrected chi connectivity index (χ1v) is 15.4. The van der Waals surface area contributed by atoms with E-state index in [1.165, 1.54) is 6.08 Å². The fraction of sp³-hybridized carbons (Fsp3) is 0.457. The predicted molar refractivity (Wildman–Crippen MR) is 171 cm³/mol. The van der Waals surface area contributed by atoms with Gasteiger partial charge in [0.25, 0.3) is 0 Å². The van der Waals surface area contributed by atoms with Gasteiger partial charge in [-0.3, -0.25) is 14.4 Å². The quantitative estimate of drug-likeness (QED) is 0.161. The van der Waals surface area contributed by atoms with Crippen LogP contribution in [-0.4, -0.2) is 60.2 Å². The van der Waals surface area contributed by atoms with Gasteiger partial charge in [0.1, 0.15) is 36.9 Å². The van der Waals surface area contributed by atoms with Gasteiger partial charge in [0.2, 0.25) is 11.8 Å². The normalized spacial score (nSPS) is 14.7. The Hall–Kier alpha value is -4.67. The zero-order valence-electron chi connectivity index (χ0n) is 27.2. The van der Waals surface area contributed by atoms with Crippen LogP contribution in [0, 0.1) is 11.8 Å². The van der Waals surface area contributed by atoms with Crippen molar-refractivity contribution < 1.29 is 38.2 Å². The van der Waals surface area contributed by atoms with Crippen LogP contribution < -0.4 is 16.0 Å². The highest BCUT2D eigenvalue weighted by molar-refractivity contribution is 5.95. The van der Waals surface area contributed by atoms with Crippen molar-refractivity contribution >= 4 is 29.8 Å². The minimum Gasteiger partial charge on any atom is -0.460 e. The van der Waals surface area contributed by atoms with Gasteiger partial charge >= 0.3 is 18.0 Å². The van der Waals surface area contributed by atoms with E-state index < -0.39 is 60.0 Å². The second-order valence-corrected chi connectivity index (χ2v) is 12.6. The summed E-state index contributed by atoms with van der Waals surface area (Å²) < 4.78 is 15.9. The topological polar surface area (TPSA) is 149 Å². The second kappa shape index (κ2) is 16.6. The van der Waals surface area contributed by atoms with Crippen molar-refractivity contribution in [3.63, 3.8) is 0 Å². The first-order valence-electron chi connectivity index (χ1n) is 15.4. The zero-order chi connectivity index (χ0) is 33.9. The molecular weight excluding hydrogens is 590 g/mol. The van der Waals surface area contributed by atoms with Crippen LogP contribution in [0.1, 0.15) is 57.7 Å². The summed E-state index contributed by atoms with van der Waals surface area (Å²) in [5, 5.41) is 8.00. The predicted octanol–water partition coefficient (Wildman–Crippen LogP) is 3.78. The van der Waals surface area contributed by atoms with Crippen LogP contribution in [0.4, 0.5) is 4.79 Å². The molecule has 3 rings (SSSR count). The molecule has 0 unspecified atom stereocenters. The largest absolute Gasteiger partial charge is 0.460 e. The lowest BCUT2D eigenvalue weighted by atomic mass is 9.94. The Morgan fingerprint density at radius 1 is 0.870 bits per heavy atom. The van der Waals surface area contributed by atoms with Crippen molar-refractivity contribution in [3.05, 3.63) is 83.9 Å². The molecule has 1 aliphatic rings. The number of ether oxygens (including phenoxy) is 3. The van der Waals surface area contributed by atoms with Gasteiger partial charge in [0.15, 0.2) is 0 Å². The van der Waals surface area contributed by atoms with E-state index in [0.29, 0.717) is 12.8 Å². The number of hydrogen-bond acceptors (Lipinski definition) is 8. The summed E-state index contributed by atoms with van der Waals surface area (Å²) in [4.78, 5) is 66.1. The van der Waals surface area contributed by atoms with Gasteiger partial charge < -0.3 is 30.2 Å². The molecule has 0 bridgehead atoms. The van der Waals surface area contributed by atoms with E-state index in [1.807, 2.05) is 30.3 Å². The van der Waals surface area contributed by atoms with Crippen LogP contribution in [0.2, 0.25) is 0 Å². The third-order valence-corrected chi connectivity index (χ3v) is 7.31. The zero-order valence-corrected chi connectivity index (χ0v) is 27.2. The Morgan fingerprint density at radius 3 is 2.04 bits per heavy atom. The van der Waals surface area contributed by atoms with E-state index in [9.17, 15) is 24.0 Å². The first-order chi connectivity index (χ1) is 21.8. The Labute approximate surface area is 270 Å². The molecule has 11 nitrogen and oxygen atoms in total. The molecule has 2 aromatic carbocycles. The molecule has 0 saturated heterocycles. The highest BCUT2D eigenvalue weighted by Gasteiger charge is 2.39. The third kappa shape index (κ3) is 11.0. The van der Waals surface area contributed by atoms with Crippen LogP contribution in [0.15, 0.2) is 67.3 Å². The fourth-order valence-electron chi connectivity index (χ4n) is 5.12. The van der Waals surface area contributed by atoms with Gasteiger partial charge in [-0.25, -0.2) is 9.59 Å². The van der Waals surface area contributed by atoms with Crippen molar-refractivity contribution in [2.45, 2.75) is 84.2 Å². The van der Waals surface area contributed by atoms with Gasteiger partial charge in [0, 0.05) is 0 Å². The van der Waals surface area contributed by atoms with Gasteiger partial charge in [-0.1, -0.05) is 81.1 Å². The van der Waals surface area contributed by atoms with Gasteiger partial charge in [-0.2, -0.15) is 0 Å². The van der Waals surface area contributed by atoms with Crippen LogP contribution in [0.5, 0.6) is 0 Å². The monoisotopic (exact) mass is 635 g/mol. The Bertz CT molecular complexity index is 1360. The van der Waals surface area contributed by atoms with Crippen molar-refractivity contribution in [2.24, 2.45) is 11.8 Å². The van der Waals surface area contributed by atoms with Crippen molar-refractivity contribution in [1.29, 1.82) is 0 Å². The lowest BCUT2D eigenvalue weighted by Gasteiger charge is -2.29. The average Bonchev–Trinajstić information content (AvgIpc) is 3.43. The summed E-state index contributed by atoms with van der Waals surface area (Å²) in [5.74, 6) is -3.43. The summed E-state index contributed by atoms with van der Waals surface area (Å²) >= 11 is 0. The maximum absolute atomic E-state index is 13.9. The molecule has 0 heterocycles. The van der Waals surface area contributed by atoms with E-state index in [1.54, 1.807) is 58.9 Å². The molecule has 3 atom stereocenters. The SMILES string of the molecule is C=CCOC(=O)[C@H](NC(=O)[C@@H](NC(=O)[C@H](CC(=O)OC(C)(C)C)NC(=O)OCc1ccccc1)C1Cc2ccccc2C1)C(C)C. The number of hydrogen-bond donors (Lipinski definition) is 3. The number of fused-ring (bicyclic) bond motifs is 1. The maximum atomic E-state index is 13.9. The minimum absolute atomic E-state index is 0.0194. The van der Waals surface area contributed by atoms with Crippen LogP contribution in [-0.2, 0) is 52.8 Å². The molecule has 1 aliphatic carbocycles. The molecule has 11 heteroatoms. The lowest BCUT2D eigenvalue weighted by molar-refractivity contribution is -0.156. The standard InChI is InChI=1S/C35H45N3O8/c1-7-17-44-33(42)29(22(2)3)37-32(41)30(26-18-24-15-11-12-16-25(24)19-26)38-31(40)27(20-28(39)46-35(4,5)6)36-34(43)45-21-23-13-9-8-10-14-23/h7-16,22,26-27,29-30H,1,17-21H2,2-6H3,(H,36,43)(H,37,41)(H,38,40)/t27-,29+,30-/m0/s1. The van der Waals surface area contributed by atoms with Gasteiger partial charge in [-0.05, 0) is 62.1 Å². The molecule has 0 aliphatic heterocycles. The van der Waals surface area contributed by atoms with Crippen LogP contribution >= 0.6 is 0 Å². The maximum Gasteiger partial charge on any atom is 0.408 e. The van der Waals surface area contributed by atoms with Crippen LogP contribution in [0.25, 0.3) is 0 Å². The van der Waals surface area contributed by atoms with Crippen molar-refractivity contribution in [1.82, 2.24) is 16.0 Å². The summed E-state index contributed by atoms with van der Waals surface area (Å²) in [6.07, 6.45) is 0.978. The number of alkyl carbamates (subject to hydrolysis) is 1. The highest BCUT2D eigenvalue weighted by atomic mass is 16.6. The molecular formula is C35H45N3O8. The number of nitrogens with one attached hydrogen (secondary N) is 3. The molecule has 0 fully saturated rings. The molecule has 0 radical (unpaired) electrons. The van der Waals surface area contributed by atoms with E-state index in [0.717, 1.165) is 16.7 Å². The number of carbonyl (C=O) groups is 5. The molecule has 46 heavy (non-hydrogen) atoms. The van der Waals surface area contributed by atoms with Crippen molar-refractivity contribution in [2.75, 3.05) is 6.61 Å². The van der Waals surface area contributed by atoms with Crippen LogP contribution in [0.3, 0.4) is 0 Å². The fourth-order valence-corrected chi connectivity index (χ4v) is 5.12. The summed E-state index contributed by atoms with van der Waals surface area (Å²) in [6.45, 7) is 12.1. The summed E-state index contributed by atoms with van der Waals surface area (Å²) in [7, 11) is 0. The number of benzene rings is 2. The first kappa shape index (κ1) is 35.8. The van der Waals surface area contributed by atoms with E-state index in [4.69, 9.17) is 14.2 Å². The van der Waals surface area contributed by atoms with Gasteiger partial charge in [0.05, 0.1) is 6.42 Å². The smallest absolute Gasteiger partial charge is 0.408 e. The molecule has 3 amide bonds. The van der Waals surface area contributed by atoms with E-state index in [-0.39, 0.29) is 25.0 Å². The Morgan fingerprint density at radius 2 is 1.48 bits per heavy atom. The number of carbonyl (C=O) groups excluding carboxylic acids is 5. The molecule has 0 aromatic heterocycles. The average molecular weight is 636 g/mol. The lowest BCUT2D eigenvalue weighted by Crippen LogP contribution is -2.59. The Balaban J connectivity index is 1.84. The van der Waals surface area contributed by atoms with E-state index in [2.05, 4.69) is 22.5 Å². The highest BCUT2D eigenvalue weighted by Crippen LogP contribution is 2.29. The molecule has 248 valence electrons. The molecule has 0 saturated carbocycles.